The number of ether oxygens (including phenoxy) is 1. The van der Waals surface area contributed by atoms with Gasteiger partial charge in [0, 0.05) is 6.54 Å². The van der Waals surface area contributed by atoms with Crippen molar-refractivity contribution in [2.75, 3.05) is 13.2 Å². The SMILES string of the molecule is CCOC(=O)CN(Cc1ccccc1)C(=O)[C@@H](N)C(C)C. The van der Waals surface area contributed by atoms with E-state index in [1.54, 1.807) is 6.92 Å². The van der Waals surface area contributed by atoms with Crippen LogP contribution in [0.1, 0.15) is 26.3 Å². The summed E-state index contributed by atoms with van der Waals surface area (Å²) in [5.41, 5.74) is 6.87. The van der Waals surface area contributed by atoms with Crippen molar-refractivity contribution in [3.05, 3.63) is 35.9 Å². The van der Waals surface area contributed by atoms with Crippen molar-refractivity contribution in [1.29, 1.82) is 0 Å². The van der Waals surface area contributed by atoms with E-state index in [0.717, 1.165) is 5.56 Å². The average Bonchev–Trinajstić information content (AvgIpc) is 2.46. The average molecular weight is 292 g/mol. The van der Waals surface area contributed by atoms with E-state index in [-0.39, 0.29) is 18.4 Å². The maximum atomic E-state index is 12.4. The summed E-state index contributed by atoms with van der Waals surface area (Å²) in [6.45, 7) is 6.06. The first-order valence-corrected chi connectivity index (χ1v) is 7.19. The van der Waals surface area contributed by atoms with Crippen LogP contribution < -0.4 is 5.73 Å². The van der Waals surface area contributed by atoms with Gasteiger partial charge >= 0.3 is 5.97 Å². The lowest BCUT2D eigenvalue weighted by molar-refractivity contribution is -0.150. The molecule has 0 unspecified atom stereocenters. The zero-order chi connectivity index (χ0) is 15.8. The van der Waals surface area contributed by atoms with Gasteiger partial charge in [-0.2, -0.15) is 0 Å². The van der Waals surface area contributed by atoms with Gasteiger partial charge in [-0.3, -0.25) is 9.59 Å². The highest BCUT2D eigenvalue weighted by atomic mass is 16.5. The summed E-state index contributed by atoms with van der Waals surface area (Å²) >= 11 is 0. The molecule has 5 nitrogen and oxygen atoms in total. The van der Waals surface area contributed by atoms with E-state index in [1.807, 2.05) is 44.2 Å². The highest BCUT2D eigenvalue weighted by Crippen LogP contribution is 2.09. The first-order chi connectivity index (χ1) is 9.95. The Bertz CT molecular complexity index is 460. The zero-order valence-electron chi connectivity index (χ0n) is 12.9. The van der Waals surface area contributed by atoms with Crippen LogP contribution in [0.15, 0.2) is 30.3 Å². The van der Waals surface area contributed by atoms with E-state index in [2.05, 4.69) is 0 Å². The van der Waals surface area contributed by atoms with Crippen molar-refractivity contribution >= 4 is 11.9 Å². The summed E-state index contributed by atoms with van der Waals surface area (Å²) in [4.78, 5) is 25.6. The van der Waals surface area contributed by atoms with Gasteiger partial charge in [-0.05, 0) is 18.4 Å². The van der Waals surface area contributed by atoms with E-state index in [4.69, 9.17) is 10.5 Å². The molecule has 0 heterocycles. The Morgan fingerprint density at radius 3 is 2.38 bits per heavy atom. The first kappa shape index (κ1) is 17.2. The number of esters is 1. The topological polar surface area (TPSA) is 72.6 Å². The Kier molecular flexibility index (Phi) is 6.88. The van der Waals surface area contributed by atoms with E-state index in [0.29, 0.717) is 13.2 Å². The monoisotopic (exact) mass is 292 g/mol. The first-order valence-electron chi connectivity index (χ1n) is 7.19. The Labute approximate surface area is 126 Å². The van der Waals surface area contributed by atoms with Gasteiger partial charge in [0.25, 0.3) is 0 Å². The van der Waals surface area contributed by atoms with Crippen LogP contribution in [-0.4, -0.2) is 36.0 Å². The molecule has 1 rings (SSSR count). The number of nitrogens with two attached hydrogens (primary N) is 1. The van der Waals surface area contributed by atoms with Crippen LogP contribution in [0.5, 0.6) is 0 Å². The van der Waals surface area contributed by atoms with Gasteiger partial charge < -0.3 is 15.4 Å². The smallest absolute Gasteiger partial charge is 0.325 e. The lowest BCUT2D eigenvalue weighted by Crippen LogP contribution is -2.48. The highest BCUT2D eigenvalue weighted by molar-refractivity contribution is 5.85. The number of carbonyl (C=O) groups is 2. The second kappa shape index (κ2) is 8.42. The largest absolute Gasteiger partial charge is 0.465 e. The maximum Gasteiger partial charge on any atom is 0.325 e. The molecule has 2 N–H and O–H groups in total. The van der Waals surface area contributed by atoms with Gasteiger partial charge in [-0.1, -0.05) is 44.2 Å². The predicted octanol–water partition coefficient (Wildman–Crippen LogP) is 1.56. The summed E-state index contributed by atoms with van der Waals surface area (Å²) < 4.78 is 4.93. The number of benzene rings is 1. The van der Waals surface area contributed by atoms with Crippen LogP contribution in [0.4, 0.5) is 0 Å². The molecule has 0 saturated heterocycles. The van der Waals surface area contributed by atoms with Gasteiger partial charge in [0.05, 0.1) is 12.6 Å². The maximum absolute atomic E-state index is 12.4. The van der Waals surface area contributed by atoms with E-state index in [1.165, 1.54) is 4.90 Å². The van der Waals surface area contributed by atoms with Crippen molar-refractivity contribution in [3.63, 3.8) is 0 Å². The molecule has 0 radical (unpaired) electrons. The van der Waals surface area contributed by atoms with E-state index >= 15 is 0 Å². The predicted molar refractivity (Wildman–Crippen MR) is 81.3 cm³/mol. The summed E-state index contributed by atoms with van der Waals surface area (Å²) in [6.07, 6.45) is 0. The number of nitrogens with zero attached hydrogens (tertiary/aromatic N) is 1. The quantitative estimate of drug-likeness (QED) is 0.774. The Hall–Kier alpha value is -1.88. The van der Waals surface area contributed by atoms with Gasteiger partial charge in [-0.25, -0.2) is 0 Å². The molecule has 0 fully saturated rings. The number of hydrogen-bond acceptors (Lipinski definition) is 4. The molecule has 1 aromatic rings. The molecular weight excluding hydrogens is 268 g/mol. The zero-order valence-corrected chi connectivity index (χ0v) is 12.9. The number of carbonyl (C=O) groups excluding carboxylic acids is 2. The third-order valence-electron chi connectivity index (χ3n) is 3.16. The van der Waals surface area contributed by atoms with Gasteiger partial charge in [0.2, 0.25) is 5.91 Å². The molecule has 0 spiro atoms. The molecular formula is C16H24N2O3. The van der Waals surface area contributed by atoms with Crippen molar-refractivity contribution in [1.82, 2.24) is 4.90 Å². The number of rotatable bonds is 7. The van der Waals surface area contributed by atoms with Gasteiger partial charge in [-0.15, -0.1) is 0 Å². The molecule has 0 aromatic heterocycles. The molecule has 1 atom stereocenters. The van der Waals surface area contributed by atoms with Gasteiger partial charge in [0.15, 0.2) is 0 Å². The van der Waals surface area contributed by atoms with Crippen LogP contribution >= 0.6 is 0 Å². The van der Waals surface area contributed by atoms with E-state index in [9.17, 15) is 9.59 Å². The summed E-state index contributed by atoms with van der Waals surface area (Å²) in [7, 11) is 0. The molecule has 0 aliphatic heterocycles. The summed E-state index contributed by atoms with van der Waals surface area (Å²) in [6, 6.07) is 8.89. The minimum atomic E-state index is -0.622. The van der Waals surface area contributed by atoms with Crippen LogP contribution in [0.2, 0.25) is 0 Å². The lowest BCUT2D eigenvalue weighted by Gasteiger charge is -2.26. The second-order valence-electron chi connectivity index (χ2n) is 5.25. The molecule has 116 valence electrons. The fourth-order valence-electron chi connectivity index (χ4n) is 1.87. The van der Waals surface area contributed by atoms with Gasteiger partial charge in [0.1, 0.15) is 6.54 Å². The minimum absolute atomic E-state index is 0.0120. The molecule has 5 heteroatoms. The number of hydrogen-bond donors (Lipinski definition) is 1. The Morgan fingerprint density at radius 1 is 1.24 bits per heavy atom. The standard InChI is InChI=1S/C16H24N2O3/c1-4-21-14(19)11-18(16(20)15(17)12(2)3)10-13-8-6-5-7-9-13/h5-9,12,15H,4,10-11,17H2,1-3H3/t15-/m0/s1. The summed E-state index contributed by atoms with van der Waals surface area (Å²) in [5.74, 6) is -0.641. The second-order valence-corrected chi connectivity index (χ2v) is 5.25. The van der Waals surface area contributed by atoms with E-state index < -0.39 is 12.0 Å². The molecule has 0 aliphatic carbocycles. The minimum Gasteiger partial charge on any atom is -0.465 e. The molecule has 0 bridgehead atoms. The van der Waals surface area contributed by atoms with Crippen molar-refractivity contribution in [2.24, 2.45) is 11.7 Å². The Balaban J connectivity index is 2.83. The Morgan fingerprint density at radius 2 is 1.86 bits per heavy atom. The van der Waals surface area contributed by atoms with Crippen molar-refractivity contribution < 1.29 is 14.3 Å². The fourth-order valence-corrected chi connectivity index (χ4v) is 1.87. The van der Waals surface area contributed by atoms with Crippen molar-refractivity contribution in [3.8, 4) is 0 Å². The molecule has 0 aliphatic rings. The number of amides is 1. The fraction of sp³-hybridized carbons (Fsp3) is 0.500. The third kappa shape index (κ3) is 5.55. The molecule has 21 heavy (non-hydrogen) atoms. The molecule has 1 amide bonds. The van der Waals surface area contributed by atoms with Crippen LogP contribution in [0.3, 0.4) is 0 Å². The highest BCUT2D eigenvalue weighted by Gasteiger charge is 2.25. The van der Waals surface area contributed by atoms with Crippen LogP contribution in [0, 0.1) is 5.92 Å². The summed E-state index contributed by atoms with van der Waals surface area (Å²) in [5, 5.41) is 0. The normalized spacial score (nSPS) is 12.0. The lowest BCUT2D eigenvalue weighted by atomic mass is 10.0. The third-order valence-corrected chi connectivity index (χ3v) is 3.16. The van der Waals surface area contributed by atoms with Crippen LogP contribution in [0.25, 0.3) is 0 Å². The molecule has 1 aromatic carbocycles. The van der Waals surface area contributed by atoms with Crippen molar-refractivity contribution in [2.45, 2.75) is 33.4 Å². The molecule has 0 saturated carbocycles. The van der Waals surface area contributed by atoms with Crippen LogP contribution in [-0.2, 0) is 20.9 Å².